The smallest absolute Gasteiger partial charge is 0.160 e. The average Bonchev–Trinajstić information content (AvgIpc) is 2.64. The molecule has 1 atom stereocenters. The number of halogens is 2. The normalized spacial score (nSPS) is 13.8. The molecule has 20 heavy (non-hydrogen) atoms. The van der Waals surface area contributed by atoms with Crippen LogP contribution in [0.2, 0.25) is 0 Å². The largest absolute Gasteiger partial charge is 0.309 e. The van der Waals surface area contributed by atoms with Crippen LogP contribution in [0.3, 0.4) is 0 Å². The van der Waals surface area contributed by atoms with E-state index in [9.17, 15) is 8.42 Å². The summed E-state index contributed by atoms with van der Waals surface area (Å²) in [5.41, 5.74) is 1.42. The van der Waals surface area contributed by atoms with Crippen molar-refractivity contribution in [3.8, 4) is 0 Å². The molecule has 0 aromatic carbocycles. The van der Waals surface area contributed by atoms with Gasteiger partial charge in [-0.05, 0) is 28.9 Å². The SMILES string of the molecule is CC(CS(C)(=O)=O)n1c(CCCl)nc2cc(Br)cnc21. The second-order valence-electron chi connectivity index (χ2n) is 4.77. The first-order valence-corrected chi connectivity index (χ1v) is 9.46. The number of rotatable bonds is 5. The summed E-state index contributed by atoms with van der Waals surface area (Å²) in [5.74, 6) is 1.23. The van der Waals surface area contributed by atoms with Gasteiger partial charge in [-0.1, -0.05) is 0 Å². The van der Waals surface area contributed by atoms with Crippen molar-refractivity contribution in [2.75, 3.05) is 17.9 Å². The summed E-state index contributed by atoms with van der Waals surface area (Å²) < 4.78 is 25.7. The number of pyridine rings is 1. The van der Waals surface area contributed by atoms with Gasteiger partial charge < -0.3 is 4.57 Å². The van der Waals surface area contributed by atoms with E-state index < -0.39 is 9.84 Å². The van der Waals surface area contributed by atoms with Crippen LogP contribution >= 0.6 is 27.5 Å². The first-order chi connectivity index (χ1) is 9.31. The first-order valence-electron chi connectivity index (χ1n) is 6.08. The van der Waals surface area contributed by atoms with Crippen molar-refractivity contribution in [2.24, 2.45) is 0 Å². The topological polar surface area (TPSA) is 64.8 Å². The fraction of sp³-hybridized carbons (Fsp3) is 0.500. The Bertz CT molecular complexity index is 730. The van der Waals surface area contributed by atoms with E-state index in [4.69, 9.17) is 11.6 Å². The van der Waals surface area contributed by atoms with Crippen molar-refractivity contribution in [1.82, 2.24) is 14.5 Å². The quantitative estimate of drug-likeness (QED) is 0.748. The van der Waals surface area contributed by atoms with E-state index >= 15 is 0 Å². The highest BCUT2D eigenvalue weighted by molar-refractivity contribution is 9.10. The lowest BCUT2D eigenvalue weighted by Gasteiger charge is -2.15. The molecule has 110 valence electrons. The molecule has 2 aromatic heterocycles. The summed E-state index contributed by atoms with van der Waals surface area (Å²) in [4.78, 5) is 8.86. The van der Waals surface area contributed by atoms with Crippen LogP contribution in [0.5, 0.6) is 0 Å². The molecule has 0 aliphatic heterocycles. The Labute approximate surface area is 131 Å². The van der Waals surface area contributed by atoms with Gasteiger partial charge in [0.1, 0.15) is 21.2 Å². The standard InChI is InChI=1S/C12H15BrClN3O2S/c1-8(7-20(2,18)19)17-11(3-4-14)16-10-5-9(13)6-15-12(10)17/h5-6,8H,3-4,7H2,1-2H3. The van der Waals surface area contributed by atoms with Crippen LogP contribution in [-0.2, 0) is 16.3 Å². The van der Waals surface area contributed by atoms with Gasteiger partial charge in [0.2, 0.25) is 0 Å². The number of aryl methyl sites for hydroxylation is 1. The lowest BCUT2D eigenvalue weighted by Crippen LogP contribution is -2.19. The number of nitrogens with zero attached hydrogens (tertiary/aromatic N) is 3. The molecule has 0 aliphatic carbocycles. The van der Waals surface area contributed by atoms with Gasteiger partial charge in [0.25, 0.3) is 0 Å². The molecule has 2 aromatic rings. The summed E-state index contributed by atoms with van der Waals surface area (Å²) in [6, 6.07) is 1.63. The summed E-state index contributed by atoms with van der Waals surface area (Å²) >= 11 is 9.16. The third kappa shape index (κ3) is 3.51. The zero-order valence-electron chi connectivity index (χ0n) is 11.2. The number of hydrogen-bond acceptors (Lipinski definition) is 4. The Morgan fingerprint density at radius 2 is 2.20 bits per heavy atom. The number of fused-ring (bicyclic) bond motifs is 1. The minimum absolute atomic E-state index is 0.0471. The van der Waals surface area contributed by atoms with E-state index in [0.717, 1.165) is 15.8 Å². The maximum absolute atomic E-state index is 11.5. The summed E-state index contributed by atoms with van der Waals surface area (Å²) in [6.07, 6.45) is 3.48. The van der Waals surface area contributed by atoms with Crippen LogP contribution in [0.1, 0.15) is 18.8 Å². The van der Waals surface area contributed by atoms with Gasteiger partial charge in [0.05, 0.1) is 5.75 Å². The maximum Gasteiger partial charge on any atom is 0.160 e. The van der Waals surface area contributed by atoms with Crippen molar-refractivity contribution in [3.05, 3.63) is 22.6 Å². The number of aromatic nitrogens is 3. The monoisotopic (exact) mass is 379 g/mol. The minimum Gasteiger partial charge on any atom is -0.309 e. The highest BCUT2D eigenvalue weighted by atomic mass is 79.9. The lowest BCUT2D eigenvalue weighted by atomic mass is 10.3. The molecule has 5 nitrogen and oxygen atoms in total. The molecule has 0 fully saturated rings. The third-order valence-electron chi connectivity index (χ3n) is 2.87. The average molecular weight is 381 g/mol. The Balaban J connectivity index is 2.56. The number of hydrogen-bond donors (Lipinski definition) is 0. The molecule has 2 heterocycles. The highest BCUT2D eigenvalue weighted by Gasteiger charge is 2.20. The van der Waals surface area contributed by atoms with Crippen LogP contribution in [0.15, 0.2) is 16.7 Å². The van der Waals surface area contributed by atoms with Gasteiger partial charge in [-0.25, -0.2) is 18.4 Å². The van der Waals surface area contributed by atoms with Crippen molar-refractivity contribution >= 4 is 48.5 Å². The summed E-state index contributed by atoms with van der Waals surface area (Å²) in [5, 5.41) is 0. The third-order valence-corrected chi connectivity index (χ3v) is 4.58. The van der Waals surface area contributed by atoms with Crippen molar-refractivity contribution < 1.29 is 8.42 Å². The number of alkyl halides is 1. The molecule has 0 radical (unpaired) electrons. The number of sulfone groups is 1. The van der Waals surface area contributed by atoms with E-state index in [0.29, 0.717) is 17.9 Å². The Hall–Kier alpha value is -0.660. The molecule has 1 unspecified atom stereocenters. The number of imidazole rings is 1. The lowest BCUT2D eigenvalue weighted by molar-refractivity contribution is 0.555. The van der Waals surface area contributed by atoms with E-state index in [1.54, 1.807) is 6.20 Å². The van der Waals surface area contributed by atoms with Crippen molar-refractivity contribution in [3.63, 3.8) is 0 Å². The van der Waals surface area contributed by atoms with E-state index in [-0.39, 0.29) is 11.8 Å². The summed E-state index contributed by atoms with van der Waals surface area (Å²) in [7, 11) is -3.08. The molecular weight excluding hydrogens is 366 g/mol. The fourth-order valence-electron chi connectivity index (χ4n) is 2.24. The molecule has 2 rings (SSSR count). The molecule has 0 spiro atoms. The molecule has 0 saturated heterocycles. The van der Waals surface area contributed by atoms with Crippen LogP contribution in [0.4, 0.5) is 0 Å². The molecule has 8 heteroatoms. The van der Waals surface area contributed by atoms with Gasteiger partial charge in [-0.3, -0.25) is 0 Å². The fourth-order valence-corrected chi connectivity index (χ4v) is 3.75. The molecular formula is C12H15BrClN3O2S. The van der Waals surface area contributed by atoms with Crippen molar-refractivity contribution in [1.29, 1.82) is 0 Å². The van der Waals surface area contributed by atoms with E-state index in [1.807, 2.05) is 17.6 Å². The molecule has 0 N–H and O–H groups in total. The van der Waals surface area contributed by atoms with Gasteiger partial charge in [-0.2, -0.15) is 0 Å². The minimum atomic E-state index is -3.08. The maximum atomic E-state index is 11.5. The second-order valence-corrected chi connectivity index (χ2v) is 8.25. The molecule has 0 aliphatic rings. The van der Waals surface area contributed by atoms with Gasteiger partial charge in [0, 0.05) is 35.3 Å². The Morgan fingerprint density at radius 3 is 2.80 bits per heavy atom. The van der Waals surface area contributed by atoms with Gasteiger partial charge in [-0.15, -0.1) is 11.6 Å². The highest BCUT2D eigenvalue weighted by Crippen LogP contribution is 2.23. The van der Waals surface area contributed by atoms with Crippen LogP contribution in [0, 0.1) is 0 Å². The predicted octanol–water partition coefficient (Wildman–Crippen LogP) is 2.58. The van der Waals surface area contributed by atoms with Crippen molar-refractivity contribution in [2.45, 2.75) is 19.4 Å². The van der Waals surface area contributed by atoms with Crippen LogP contribution in [-0.4, -0.2) is 40.8 Å². The Morgan fingerprint density at radius 1 is 1.50 bits per heavy atom. The van der Waals surface area contributed by atoms with E-state index in [2.05, 4.69) is 25.9 Å². The van der Waals surface area contributed by atoms with Gasteiger partial charge >= 0.3 is 0 Å². The van der Waals surface area contributed by atoms with Crippen LogP contribution in [0.25, 0.3) is 11.2 Å². The predicted molar refractivity (Wildman–Crippen MR) is 84.1 cm³/mol. The van der Waals surface area contributed by atoms with Gasteiger partial charge in [0.15, 0.2) is 5.65 Å². The summed E-state index contributed by atoms with van der Waals surface area (Å²) in [6.45, 7) is 1.85. The Kier molecular flexibility index (Phi) is 4.71. The van der Waals surface area contributed by atoms with E-state index in [1.165, 1.54) is 6.26 Å². The zero-order valence-corrected chi connectivity index (χ0v) is 14.3. The molecule has 0 bridgehead atoms. The molecule has 0 saturated carbocycles. The first kappa shape index (κ1) is 15.7. The molecule has 0 amide bonds. The second kappa shape index (κ2) is 5.99. The zero-order chi connectivity index (χ0) is 14.9. The van der Waals surface area contributed by atoms with Crippen LogP contribution < -0.4 is 0 Å².